The van der Waals surface area contributed by atoms with Crippen LogP contribution >= 0.6 is 0 Å². The van der Waals surface area contributed by atoms with Gasteiger partial charge in [0.05, 0.1) is 34.4 Å². The SMILES string of the molecule is CC/C=C/C/C=C/C/C=C/C/C=C/CCCCCCCCCC(=O)OC(COCCC(C(=O)O)[N+](C)(C)C)COC(=O)CCCCCCC/C=C/CCCCCCCCC. The molecule has 0 spiro atoms. The summed E-state index contributed by atoms with van der Waals surface area (Å²) < 4.78 is 17.3. The Morgan fingerprint density at radius 1 is 0.517 bits per heavy atom. The Morgan fingerprint density at radius 2 is 0.933 bits per heavy atom. The van der Waals surface area contributed by atoms with Gasteiger partial charge in [0.25, 0.3) is 0 Å². The maximum absolute atomic E-state index is 12.8. The molecule has 60 heavy (non-hydrogen) atoms. The number of carbonyl (C=O) groups is 3. The number of nitrogens with zero attached hydrogens (tertiary/aromatic N) is 1. The van der Waals surface area contributed by atoms with Crippen LogP contribution in [-0.4, -0.2) is 80.6 Å². The Morgan fingerprint density at radius 3 is 1.40 bits per heavy atom. The summed E-state index contributed by atoms with van der Waals surface area (Å²) in [5, 5.41) is 9.64. The van der Waals surface area contributed by atoms with Gasteiger partial charge in [0, 0.05) is 19.3 Å². The summed E-state index contributed by atoms with van der Waals surface area (Å²) in [6, 6.07) is -0.620. The minimum absolute atomic E-state index is 0.0525. The molecule has 8 nitrogen and oxygen atoms in total. The van der Waals surface area contributed by atoms with E-state index in [2.05, 4.69) is 74.6 Å². The zero-order valence-corrected chi connectivity index (χ0v) is 39.4. The van der Waals surface area contributed by atoms with Crippen molar-refractivity contribution in [2.24, 2.45) is 0 Å². The van der Waals surface area contributed by atoms with E-state index in [1.165, 1.54) is 77.0 Å². The largest absolute Gasteiger partial charge is 0.477 e. The summed E-state index contributed by atoms with van der Waals surface area (Å²) in [6.45, 7) is 4.61. The van der Waals surface area contributed by atoms with Gasteiger partial charge in [-0.3, -0.25) is 9.59 Å². The number of unbranched alkanes of at least 4 members (excludes halogenated alkanes) is 19. The molecule has 0 saturated heterocycles. The first-order valence-electron chi connectivity index (χ1n) is 24.3. The van der Waals surface area contributed by atoms with Gasteiger partial charge in [-0.2, -0.15) is 0 Å². The van der Waals surface area contributed by atoms with Crippen molar-refractivity contribution >= 4 is 17.9 Å². The van der Waals surface area contributed by atoms with Crippen molar-refractivity contribution in [1.29, 1.82) is 0 Å². The fourth-order valence-corrected chi connectivity index (χ4v) is 6.90. The van der Waals surface area contributed by atoms with Crippen LogP contribution in [0, 0.1) is 0 Å². The number of carboxylic acid groups (broad SMARTS) is 1. The van der Waals surface area contributed by atoms with E-state index in [1.807, 2.05) is 21.1 Å². The molecule has 0 aromatic rings. The lowest BCUT2D eigenvalue weighted by Crippen LogP contribution is -2.50. The minimum Gasteiger partial charge on any atom is -0.477 e. The maximum atomic E-state index is 12.8. The molecule has 2 unspecified atom stereocenters. The number of rotatable bonds is 43. The van der Waals surface area contributed by atoms with Crippen molar-refractivity contribution in [3.8, 4) is 0 Å². The fourth-order valence-electron chi connectivity index (χ4n) is 6.90. The number of ether oxygens (including phenoxy) is 3. The molecule has 0 aliphatic rings. The molecule has 0 heterocycles. The van der Waals surface area contributed by atoms with Gasteiger partial charge in [0.1, 0.15) is 6.61 Å². The van der Waals surface area contributed by atoms with Crippen molar-refractivity contribution in [2.75, 3.05) is 41.0 Å². The number of aliphatic carboxylic acids is 1. The first-order valence-corrected chi connectivity index (χ1v) is 24.3. The minimum atomic E-state index is -0.879. The first-order chi connectivity index (χ1) is 29.1. The number of allylic oxidation sites excluding steroid dienone is 10. The molecule has 0 bridgehead atoms. The Labute approximate surface area is 368 Å². The van der Waals surface area contributed by atoms with Crippen LogP contribution in [0.25, 0.3) is 0 Å². The molecule has 0 aliphatic carbocycles. The quantitative estimate of drug-likeness (QED) is 0.0282. The predicted octanol–water partition coefficient (Wildman–Crippen LogP) is 13.8. The molecular formula is C52H92NO7+. The molecule has 0 rings (SSSR count). The van der Waals surface area contributed by atoms with Crippen LogP contribution in [0.5, 0.6) is 0 Å². The molecule has 0 amide bonds. The summed E-state index contributed by atoms with van der Waals surface area (Å²) in [4.78, 5) is 37.1. The van der Waals surface area contributed by atoms with Crippen molar-refractivity contribution in [3.63, 3.8) is 0 Å². The number of carbonyl (C=O) groups excluding carboxylic acids is 2. The Kier molecular flexibility index (Phi) is 40.6. The van der Waals surface area contributed by atoms with Gasteiger partial charge in [-0.15, -0.1) is 0 Å². The number of hydrogen-bond acceptors (Lipinski definition) is 6. The smallest absolute Gasteiger partial charge is 0.362 e. The molecule has 346 valence electrons. The van der Waals surface area contributed by atoms with Crippen molar-refractivity contribution in [2.45, 2.75) is 212 Å². The van der Waals surface area contributed by atoms with Gasteiger partial charge in [-0.25, -0.2) is 4.79 Å². The molecule has 0 aromatic carbocycles. The van der Waals surface area contributed by atoms with Crippen LogP contribution in [0.3, 0.4) is 0 Å². The van der Waals surface area contributed by atoms with E-state index in [1.54, 1.807) is 0 Å². The van der Waals surface area contributed by atoms with E-state index in [9.17, 15) is 19.5 Å². The van der Waals surface area contributed by atoms with Crippen molar-refractivity contribution in [3.05, 3.63) is 60.8 Å². The second-order valence-electron chi connectivity index (χ2n) is 17.3. The van der Waals surface area contributed by atoms with Gasteiger partial charge >= 0.3 is 17.9 Å². The molecule has 2 atom stereocenters. The fraction of sp³-hybridized carbons (Fsp3) is 0.750. The zero-order valence-electron chi connectivity index (χ0n) is 39.4. The van der Waals surface area contributed by atoms with E-state index in [-0.39, 0.29) is 36.2 Å². The van der Waals surface area contributed by atoms with Crippen LogP contribution in [0.15, 0.2) is 60.8 Å². The summed E-state index contributed by atoms with van der Waals surface area (Å²) in [7, 11) is 5.52. The first kappa shape index (κ1) is 57.0. The lowest BCUT2D eigenvalue weighted by atomic mass is 10.1. The second-order valence-corrected chi connectivity index (χ2v) is 17.3. The average Bonchev–Trinajstić information content (AvgIpc) is 3.21. The van der Waals surface area contributed by atoms with Crippen LogP contribution in [0.2, 0.25) is 0 Å². The Hall–Kier alpha value is -2.97. The third kappa shape index (κ3) is 40.4. The van der Waals surface area contributed by atoms with Crippen LogP contribution in [0.4, 0.5) is 0 Å². The molecule has 0 saturated carbocycles. The van der Waals surface area contributed by atoms with Crippen LogP contribution < -0.4 is 0 Å². The molecular weight excluding hydrogens is 751 g/mol. The maximum Gasteiger partial charge on any atom is 0.362 e. The van der Waals surface area contributed by atoms with Crippen molar-refractivity contribution < 1.29 is 38.2 Å². The Bertz CT molecular complexity index is 1170. The van der Waals surface area contributed by atoms with Crippen molar-refractivity contribution in [1.82, 2.24) is 0 Å². The van der Waals surface area contributed by atoms with Crippen LogP contribution in [-0.2, 0) is 28.6 Å². The van der Waals surface area contributed by atoms with E-state index < -0.39 is 18.1 Å². The highest BCUT2D eigenvalue weighted by atomic mass is 16.6. The van der Waals surface area contributed by atoms with E-state index in [0.29, 0.717) is 19.3 Å². The highest BCUT2D eigenvalue weighted by molar-refractivity contribution is 5.72. The normalized spacial score (nSPS) is 13.4. The van der Waals surface area contributed by atoms with Gasteiger partial charge in [-0.1, -0.05) is 164 Å². The topological polar surface area (TPSA) is 99.1 Å². The van der Waals surface area contributed by atoms with E-state index in [4.69, 9.17) is 14.2 Å². The number of esters is 2. The van der Waals surface area contributed by atoms with Gasteiger partial charge in [0.2, 0.25) is 0 Å². The number of likely N-dealkylation sites (N-methyl/N-ethyl adjacent to an activating group) is 1. The van der Waals surface area contributed by atoms with E-state index >= 15 is 0 Å². The summed E-state index contributed by atoms with van der Waals surface area (Å²) in [5.74, 6) is -1.49. The average molecular weight is 843 g/mol. The monoisotopic (exact) mass is 843 g/mol. The number of hydrogen-bond donors (Lipinski definition) is 1. The Balaban J connectivity index is 4.32. The third-order valence-corrected chi connectivity index (χ3v) is 10.7. The molecule has 0 fully saturated rings. The highest BCUT2D eigenvalue weighted by Crippen LogP contribution is 2.14. The summed E-state index contributed by atoms with van der Waals surface area (Å²) in [6.07, 6.45) is 52.6. The summed E-state index contributed by atoms with van der Waals surface area (Å²) in [5.41, 5.74) is 0. The number of carboxylic acids is 1. The number of quaternary nitrogens is 1. The molecule has 8 heteroatoms. The van der Waals surface area contributed by atoms with Gasteiger partial charge in [0.15, 0.2) is 12.1 Å². The lowest BCUT2D eigenvalue weighted by molar-refractivity contribution is -0.887. The molecule has 0 radical (unpaired) electrons. The van der Waals surface area contributed by atoms with E-state index in [0.717, 1.165) is 89.9 Å². The zero-order chi connectivity index (χ0) is 44.2. The molecule has 1 N–H and O–H groups in total. The third-order valence-electron chi connectivity index (χ3n) is 10.7. The molecule has 0 aliphatic heterocycles. The standard InChI is InChI=1S/C52H91NO7/c1-6-8-10-12-14-16-18-20-22-24-25-26-27-29-31-33-35-37-39-41-43-51(55)60-48(46-58-45-44-49(52(56)57)53(3,4)5)47-59-50(54)42-40-38-36-34-32-30-28-23-21-19-17-15-13-11-9-7-2/h8,10,14,16,20,22-23,25-26,28,48-49H,6-7,9,11-13,15,17-19,21,24,27,29-47H2,1-5H3/p+1/b10-8+,16-14+,22-20+,26-25+,28-23+. The highest BCUT2D eigenvalue weighted by Gasteiger charge is 2.31. The summed E-state index contributed by atoms with van der Waals surface area (Å²) >= 11 is 0. The predicted molar refractivity (Wildman–Crippen MR) is 252 cm³/mol. The second kappa shape index (κ2) is 42.7. The van der Waals surface area contributed by atoms with Gasteiger partial charge in [-0.05, 0) is 77.0 Å². The van der Waals surface area contributed by atoms with Gasteiger partial charge < -0.3 is 23.8 Å². The molecule has 0 aromatic heterocycles. The lowest BCUT2D eigenvalue weighted by Gasteiger charge is -2.31. The van der Waals surface area contributed by atoms with Crippen LogP contribution in [0.1, 0.15) is 200 Å².